The summed E-state index contributed by atoms with van der Waals surface area (Å²) in [7, 11) is 1.97. The van der Waals surface area contributed by atoms with Crippen molar-refractivity contribution in [1.82, 2.24) is 19.8 Å². The molecule has 1 saturated heterocycles. The van der Waals surface area contributed by atoms with Crippen molar-refractivity contribution in [2.45, 2.75) is 26.2 Å². The molecule has 1 aliphatic rings. The van der Waals surface area contributed by atoms with E-state index in [1.165, 1.54) is 37.4 Å². The molecule has 0 spiro atoms. The van der Waals surface area contributed by atoms with Gasteiger partial charge in [-0.2, -0.15) is 13.2 Å². The molecule has 0 saturated carbocycles. The Morgan fingerprint density at radius 3 is 2.50 bits per heavy atom. The van der Waals surface area contributed by atoms with Crippen LogP contribution in [0.1, 0.15) is 44.5 Å². The third-order valence-electron chi connectivity index (χ3n) is 7.33. The molecule has 5 rings (SSSR count). The van der Waals surface area contributed by atoms with Crippen LogP contribution in [0, 0.1) is 5.82 Å². The van der Waals surface area contributed by atoms with Gasteiger partial charge in [0.05, 0.1) is 28.8 Å². The van der Waals surface area contributed by atoms with Crippen molar-refractivity contribution in [1.29, 1.82) is 0 Å². The number of aromatic amines is 1. The van der Waals surface area contributed by atoms with Crippen LogP contribution in [0.2, 0.25) is 0 Å². The van der Waals surface area contributed by atoms with E-state index in [1.807, 2.05) is 11.9 Å². The fourth-order valence-corrected chi connectivity index (χ4v) is 4.87. The summed E-state index contributed by atoms with van der Waals surface area (Å²) in [5, 5.41) is 6.19. The van der Waals surface area contributed by atoms with Gasteiger partial charge in [0, 0.05) is 62.7 Å². The molecule has 220 valence electrons. The molecule has 0 radical (unpaired) electrons. The van der Waals surface area contributed by atoms with Crippen molar-refractivity contribution in [2.24, 2.45) is 0 Å². The van der Waals surface area contributed by atoms with Gasteiger partial charge in [0.2, 0.25) is 0 Å². The number of hydrogen-bond donors (Lipinski definition) is 3. The highest BCUT2D eigenvalue weighted by Crippen LogP contribution is 2.34. The molecule has 2 aromatic heterocycles. The molecule has 4 aromatic rings. The monoisotopic (exact) mass is 582 g/mol. The number of nitrogens with one attached hydrogen (secondary N) is 3. The quantitative estimate of drug-likeness (QED) is 0.187. The number of carbonyl (C=O) groups is 2. The van der Waals surface area contributed by atoms with E-state index >= 15 is 4.39 Å². The predicted molar refractivity (Wildman–Crippen MR) is 152 cm³/mol. The first-order chi connectivity index (χ1) is 20.0. The Labute approximate surface area is 239 Å². The number of likely N-dealkylation sites (N-methyl/N-ethyl adjacent to an activating group) is 1. The number of rotatable bonds is 8. The van der Waals surface area contributed by atoms with Crippen LogP contribution in [0.15, 0.2) is 54.7 Å². The maximum absolute atomic E-state index is 15.3. The topological polar surface area (TPSA) is 93.4 Å². The van der Waals surface area contributed by atoms with Gasteiger partial charge < -0.3 is 20.5 Å². The van der Waals surface area contributed by atoms with E-state index in [0.717, 1.165) is 19.2 Å². The lowest BCUT2D eigenvalue weighted by Gasteiger charge is -2.33. The third kappa shape index (κ3) is 6.60. The van der Waals surface area contributed by atoms with Crippen LogP contribution in [0.25, 0.3) is 11.0 Å². The van der Waals surface area contributed by atoms with Gasteiger partial charge in [-0.3, -0.25) is 14.5 Å². The number of halogens is 4. The van der Waals surface area contributed by atoms with E-state index in [2.05, 4.69) is 25.5 Å². The first-order valence-corrected chi connectivity index (χ1v) is 13.4. The molecular formula is C30H30F4N6O2. The minimum Gasteiger partial charge on any atom is -0.380 e. The maximum Gasteiger partial charge on any atom is 0.416 e. The lowest BCUT2D eigenvalue weighted by Crippen LogP contribution is -2.44. The van der Waals surface area contributed by atoms with Crippen molar-refractivity contribution in [2.75, 3.05) is 43.9 Å². The number of nitrogens with zero attached hydrogens (tertiary/aromatic N) is 3. The van der Waals surface area contributed by atoms with Crippen molar-refractivity contribution < 1.29 is 27.2 Å². The van der Waals surface area contributed by atoms with E-state index in [4.69, 9.17) is 0 Å². The summed E-state index contributed by atoms with van der Waals surface area (Å²) in [4.78, 5) is 35.8. The largest absolute Gasteiger partial charge is 0.416 e. The molecule has 0 atom stereocenters. The molecule has 8 nitrogen and oxygen atoms in total. The summed E-state index contributed by atoms with van der Waals surface area (Å²) < 4.78 is 57.2. The van der Waals surface area contributed by atoms with Crippen LogP contribution in [-0.2, 0) is 19.3 Å². The summed E-state index contributed by atoms with van der Waals surface area (Å²) >= 11 is 0. The number of piperazine rings is 1. The maximum atomic E-state index is 15.3. The highest BCUT2D eigenvalue weighted by atomic mass is 19.4. The fourth-order valence-electron chi connectivity index (χ4n) is 4.87. The Morgan fingerprint density at radius 2 is 1.79 bits per heavy atom. The molecule has 0 unspecified atom stereocenters. The lowest BCUT2D eigenvalue weighted by molar-refractivity contribution is -0.138. The van der Waals surface area contributed by atoms with Gasteiger partial charge >= 0.3 is 6.18 Å². The Kier molecular flexibility index (Phi) is 8.28. The summed E-state index contributed by atoms with van der Waals surface area (Å²) in [5.74, 6) is -1.69. The Hall–Kier alpha value is -4.29. The number of H-pyrrole nitrogens is 1. The molecule has 0 aliphatic carbocycles. The van der Waals surface area contributed by atoms with Crippen LogP contribution < -0.4 is 10.6 Å². The number of anilines is 2. The third-order valence-corrected chi connectivity index (χ3v) is 7.33. The van der Waals surface area contributed by atoms with Crippen LogP contribution in [0.4, 0.5) is 28.9 Å². The zero-order valence-corrected chi connectivity index (χ0v) is 23.1. The zero-order valence-electron chi connectivity index (χ0n) is 23.1. The summed E-state index contributed by atoms with van der Waals surface area (Å²) in [6.07, 6.45) is -3.11. The molecule has 1 fully saturated rings. The number of pyridine rings is 1. The number of alkyl halides is 3. The first kappa shape index (κ1) is 29.2. The standard InChI is InChI=1S/C30H30F4N6O2/c1-18(41)26-14-22-12-23(16-36-28(22)37-26)35-15-20-4-3-5-25(27(20)31)38-29(42)19-6-7-21(24(13-19)30(32,33)34)17-40-10-8-39(2)9-11-40/h3-7,12-14,16,35H,8-11,15,17H2,1-2H3,(H,36,37)(H,38,42). The van der Waals surface area contributed by atoms with Gasteiger partial charge in [0.1, 0.15) is 5.65 Å². The SMILES string of the molecule is CC(=O)c1cc2cc(NCc3cccc(NC(=O)c4ccc(CN5CCN(C)CC5)c(C(F)(F)F)c4)c3F)cnc2[nH]1. The first-order valence-electron chi connectivity index (χ1n) is 13.4. The van der Waals surface area contributed by atoms with Crippen molar-refractivity contribution in [3.8, 4) is 0 Å². The highest BCUT2D eigenvalue weighted by Gasteiger charge is 2.34. The summed E-state index contributed by atoms with van der Waals surface area (Å²) in [6, 6.07) is 11.3. The summed E-state index contributed by atoms with van der Waals surface area (Å²) in [5.41, 5.74) is 0.622. The van der Waals surface area contributed by atoms with Gasteiger partial charge in [0.15, 0.2) is 11.6 Å². The number of amides is 1. The van der Waals surface area contributed by atoms with Gasteiger partial charge in [0.25, 0.3) is 5.91 Å². The van der Waals surface area contributed by atoms with E-state index in [9.17, 15) is 22.8 Å². The lowest BCUT2D eigenvalue weighted by atomic mass is 10.0. The van der Waals surface area contributed by atoms with E-state index in [1.54, 1.807) is 18.2 Å². The van der Waals surface area contributed by atoms with E-state index in [-0.39, 0.29) is 41.3 Å². The number of carbonyl (C=O) groups excluding carboxylic acids is 2. The molecule has 1 aliphatic heterocycles. The molecule has 0 bridgehead atoms. The van der Waals surface area contributed by atoms with Crippen LogP contribution >= 0.6 is 0 Å². The number of hydrogen-bond acceptors (Lipinski definition) is 6. The van der Waals surface area contributed by atoms with Gasteiger partial charge in [-0.15, -0.1) is 0 Å². The molecule has 42 heavy (non-hydrogen) atoms. The second kappa shape index (κ2) is 11.9. The number of aromatic nitrogens is 2. The fraction of sp³-hybridized carbons (Fsp3) is 0.300. The molecule has 2 aromatic carbocycles. The average Bonchev–Trinajstić information content (AvgIpc) is 3.38. The number of fused-ring (bicyclic) bond motifs is 1. The minimum absolute atomic E-state index is 0.0475. The molecule has 1 amide bonds. The van der Waals surface area contributed by atoms with Gasteiger partial charge in [-0.1, -0.05) is 18.2 Å². The predicted octanol–water partition coefficient (Wildman–Crippen LogP) is 5.54. The van der Waals surface area contributed by atoms with Crippen molar-refractivity contribution in [3.63, 3.8) is 0 Å². The van der Waals surface area contributed by atoms with E-state index < -0.39 is 23.5 Å². The van der Waals surface area contributed by atoms with E-state index in [0.29, 0.717) is 35.5 Å². The molecule has 3 heterocycles. The number of Topliss-reactive ketones (excluding diaryl/α,β-unsaturated/α-hetero) is 1. The summed E-state index contributed by atoms with van der Waals surface area (Å²) in [6.45, 7) is 4.45. The van der Waals surface area contributed by atoms with Crippen molar-refractivity contribution in [3.05, 3.63) is 88.5 Å². The second-order valence-corrected chi connectivity index (χ2v) is 10.4. The normalized spacial score (nSPS) is 14.7. The van der Waals surface area contributed by atoms with Crippen LogP contribution in [0.3, 0.4) is 0 Å². The molecular weight excluding hydrogens is 552 g/mol. The zero-order chi connectivity index (χ0) is 30.0. The number of benzene rings is 2. The van der Waals surface area contributed by atoms with Gasteiger partial charge in [-0.25, -0.2) is 9.37 Å². The van der Waals surface area contributed by atoms with Crippen LogP contribution in [0.5, 0.6) is 0 Å². The Balaban J connectivity index is 1.29. The van der Waals surface area contributed by atoms with Crippen LogP contribution in [-0.4, -0.2) is 64.7 Å². The number of ketones is 1. The minimum atomic E-state index is -4.65. The second-order valence-electron chi connectivity index (χ2n) is 10.4. The Bertz CT molecular complexity index is 1630. The van der Waals surface area contributed by atoms with Crippen molar-refractivity contribution >= 4 is 34.1 Å². The average molecular weight is 583 g/mol. The smallest absolute Gasteiger partial charge is 0.380 e. The highest BCUT2D eigenvalue weighted by molar-refractivity contribution is 6.04. The van der Waals surface area contributed by atoms with Gasteiger partial charge in [-0.05, 0) is 42.9 Å². The molecule has 12 heteroatoms. The Morgan fingerprint density at radius 1 is 1.02 bits per heavy atom. The molecule has 3 N–H and O–H groups in total.